The maximum Gasteiger partial charge on any atom is 0.255 e. The molecule has 230 valence electrons. The van der Waals surface area contributed by atoms with Crippen LogP contribution in [0, 0.1) is 0 Å². The molecule has 0 bridgehead atoms. The van der Waals surface area contributed by atoms with Gasteiger partial charge in [-0.2, -0.15) is 0 Å². The van der Waals surface area contributed by atoms with Crippen molar-refractivity contribution in [3.05, 3.63) is 113 Å². The van der Waals surface area contributed by atoms with Crippen molar-refractivity contribution in [2.75, 3.05) is 45.4 Å². The molecule has 2 amide bonds. The number of unbranched alkanes of at least 4 members (excludes halogenated alkanes) is 1. The van der Waals surface area contributed by atoms with Crippen LogP contribution < -0.4 is 15.4 Å². The van der Waals surface area contributed by atoms with Crippen molar-refractivity contribution in [1.82, 2.24) is 0 Å². The van der Waals surface area contributed by atoms with Gasteiger partial charge in [-0.25, -0.2) is 0 Å². The molecule has 0 fully saturated rings. The minimum atomic E-state index is -0.238. The molecule has 0 radical (unpaired) electrons. The summed E-state index contributed by atoms with van der Waals surface area (Å²) in [5.74, 6) is 0.0739. The minimum absolute atomic E-state index is 0.209. The molecule has 0 saturated heterocycles. The molecule has 7 nitrogen and oxygen atoms in total. The Morgan fingerprint density at radius 3 is 1.82 bits per heavy atom. The van der Waals surface area contributed by atoms with Gasteiger partial charge in [-0.15, -0.1) is 0 Å². The molecule has 0 unspecified atom stereocenters. The number of aliphatic hydroxyl groups is 1. The second-order valence-electron chi connectivity index (χ2n) is 12.1. The smallest absolute Gasteiger partial charge is 0.255 e. The lowest BCUT2D eigenvalue weighted by Gasteiger charge is -2.23. The number of aliphatic hydroxyl groups excluding tert-OH is 1. The Morgan fingerprint density at radius 1 is 0.727 bits per heavy atom. The topological polar surface area (TPSA) is 87.7 Å². The van der Waals surface area contributed by atoms with Crippen molar-refractivity contribution in [2.45, 2.75) is 39.2 Å². The first-order chi connectivity index (χ1) is 21.1. The van der Waals surface area contributed by atoms with Gasteiger partial charge in [0, 0.05) is 22.4 Å². The van der Waals surface area contributed by atoms with Crippen LogP contribution >= 0.6 is 0 Å². The van der Waals surface area contributed by atoms with Crippen molar-refractivity contribution >= 4 is 23.2 Å². The summed E-state index contributed by atoms with van der Waals surface area (Å²) in [6.07, 6.45) is 4.18. The van der Waals surface area contributed by atoms with Crippen molar-refractivity contribution in [3.8, 4) is 16.9 Å². The zero-order chi connectivity index (χ0) is 31.7. The van der Waals surface area contributed by atoms with Gasteiger partial charge in [-0.1, -0.05) is 43.3 Å². The fourth-order valence-corrected chi connectivity index (χ4v) is 5.02. The average molecular weight is 595 g/mol. The van der Waals surface area contributed by atoms with Gasteiger partial charge < -0.3 is 25.0 Å². The van der Waals surface area contributed by atoms with E-state index in [1.165, 1.54) is 5.56 Å². The molecule has 4 aromatic carbocycles. The average Bonchev–Trinajstić information content (AvgIpc) is 3.03. The van der Waals surface area contributed by atoms with Gasteiger partial charge in [-0.05, 0) is 96.5 Å². The van der Waals surface area contributed by atoms with E-state index >= 15 is 0 Å². The van der Waals surface area contributed by atoms with Crippen LogP contribution in [0.15, 0.2) is 84.9 Å². The number of methoxy groups -OCH3 is 1. The summed E-state index contributed by atoms with van der Waals surface area (Å²) < 4.78 is 6.58. The number of hydrogen-bond acceptors (Lipinski definition) is 4. The maximum absolute atomic E-state index is 13.0. The van der Waals surface area contributed by atoms with Crippen LogP contribution in [0.1, 0.15) is 57.2 Å². The molecule has 44 heavy (non-hydrogen) atoms. The van der Waals surface area contributed by atoms with Crippen LogP contribution in [0.5, 0.6) is 5.75 Å². The standard InChI is InChI=1S/C37H43N3O4/c1-6-26-10-14-28(15-11-26)36(42)38-33-20-18-30(23-32(33)25-41)31-19-21-34(35(24-31)44-5)39-37(43)29-16-12-27(13-17-29)9-7-8-22-40(2,3)4/h10-21,23-24,41H,6-9,22,25H2,1-5H3,(H-,38,39,42,43)/p+1. The number of aryl methyl sites for hydroxylation is 2. The first-order valence-corrected chi connectivity index (χ1v) is 15.1. The van der Waals surface area contributed by atoms with Crippen molar-refractivity contribution in [3.63, 3.8) is 0 Å². The fourth-order valence-electron chi connectivity index (χ4n) is 5.02. The number of quaternary nitrogens is 1. The second kappa shape index (κ2) is 14.8. The Balaban J connectivity index is 1.42. The predicted octanol–water partition coefficient (Wildman–Crippen LogP) is 6.95. The number of nitrogens with one attached hydrogen (secondary N) is 2. The van der Waals surface area contributed by atoms with Gasteiger partial charge in [0.05, 0.1) is 47.1 Å². The third-order valence-corrected chi connectivity index (χ3v) is 7.69. The molecule has 0 heterocycles. The van der Waals surface area contributed by atoms with Gasteiger partial charge in [0.25, 0.3) is 11.8 Å². The van der Waals surface area contributed by atoms with Gasteiger partial charge in [0.1, 0.15) is 5.75 Å². The molecule has 3 N–H and O–H groups in total. The highest BCUT2D eigenvalue weighted by molar-refractivity contribution is 6.06. The van der Waals surface area contributed by atoms with E-state index in [-0.39, 0.29) is 18.4 Å². The van der Waals surface area contributed by atoms with Crippen LogP contribution in [0.3, 0.4) is 0 Å². The quantitative estimate of drug-likeness (QED) is 0.115. The maximum atomic E-state index is 13.0. The third-order valence-electron chi connectivity index (χ3n) is 7.69. The highest BCUT2D eigenvalue weighted by atomic mass is 16.5. The molecular weight excluding hydrogens is 550 g/mol. The Bertz CT molecular complexity index is 1570. The molecule has 0 saturated carbocycles. The predicted molar refractivity (Wildman–Crippen MR) is 178 cm³/mol. The van der Waals surface area contributed by atoms with E-state index in [1.54, 1.807) is 25.3 Å². The number of amides is 2. The molecule has 0 aliphatic rings. The lowest BCUT2D eigenvalue weighted by molar-refractivity contribution is -0.870. The highest BCUT2D eigenvalue weighted by Gasteiger charge is 2.14. The molecule has 7 heteroatoms. The minimum Gasteiger partial charge on any atom is -0.495 e. The highest BCUT2D eigenvalue weighted by Crippen LogP contribution is 2.33. The molecule has 4 aromatic rings. The summed E-state index contributed by atoms with van der Waals surface area (Å²) in [6.45, 7) is 2.97. The summed E-state index contributed by atoms with van der Waals surface area (Å²) >= 11 is 0. The second-order valence-corrected chi connectivity index (χ2v) is 12.1. The van der Waals surface area contributed by atoms with Crippen LogP contribution in [-0.2, 0) is 19.4 Å². The number of carbonyl (C=O) groups excluding carboxylic acids is 2. The molecule has 0 atom stereocenters. The first kappa shape index (κ1) is 32.5. The largest absolute Gasteiger partial charge is 0.495 e. The number of anilines is 2. The number of hydrogen-bond donors (Lipinski definition) is 3. The lowest BCUT2D eigenvalue weighted by atomic mass is 10.0. The molecule has 4 rings (SSSR count). The third kappa shape index (κ3) is 8.78. The monoisotopic (exact) mass is 594 g/mol. The van der Waals surface area contributed by atoms with Crippen LogP contribution in [0.25, 0.3) is 11.1 Å². The summed E-state index contributed by atoms with van der Waals surface area (Å²) in [7, 11) is 8.18. The zero-order valence-electron chi connectivity index (χ0n) is 26.4. The number of benzene rings is 4. The van der Waals surface area contributed by atoms with Gasteiger partial charge in [0.15, 0.2) is 0 Å². The first-order valence-electron chi connectivity index (χ1n) is 15.1. The number of ether oxygens (including phenoxy) is 1. The molecule has 0 aromatic heterocycles. The van der Waals surface area contributed by atoms with Crippen molar-refractivity contribution < 1.29 is 23.9 Å². The van der Waals surface area contributed by atoms with E-state index in [4.69, 9.17) is 4.74 Å². The molecule has 0 spiro atoms. The number of carbonyl (C=O) groups is 2. The van der Waals surface area contributed by atoms with E-state index < -0.39 is 0 Å². The Labute approximate surface area is 261 Å². The molecule has 0 aliphatic carbocycles. The van der Waals surface area contributed by atoms with Crippen LogP contribution in [-0.4, -0.2) is 56.2 Å². The van der Waals surface area contributed by atoms with Gasteiger partial charge >= 0.3 is 0 Å². The summed E-state index contributed by atoms with van der Waals surface area (Å²) in [5, 5.41) is 15.9. The van der Waals surface area contributed by atoms with E-state index in [2.05, 4.69) is 38.7 Å². The van der Waals surface area contributed by atoms with E-state index in [1.807, 2.05) is 66.7 Å². The van der Waals surface area contributed by atoms with Gasteiger partial charge in [0.2, 0.25) is 0 Å². The van der Waals surface area contributed by atoms with Crippen molar-refractivity contribution in [1.29, 1.82) is 0 Å². The van der Waals surface area contributed by atoms with Crippen LogP contribution in [0.2, 0.25) is 0 Å². The van der Waals surface area contributed by atoms with E-state index in [0.29, 0.717) is 33.8 Å². The Morgan fingerprint density at radius 2 is 1.27 bits per heavy atom. The van der Waals surface area contributed by atoms with Crippen LogP contribution in [0.4, 0.5) is 11.4 Å². The normalized spacial score (nSPS) is 11.2. The number of nitrogens with zero attached hydrogens (tertiary/aromatic N) is 1. The summed E-state index contributed by atoms with van der Waals surface area (Å²) in [5.41, 5.74) is 6.91. The Hall–Kier alpha value is -4.46. The fraction of sp³-hybridized carbons (Fsp3) is 0.297. The lowest BCUT2D eigenvalue weighted by Crippen LogP contribution is -2.35. The number of rotatable bonds is 13. The summed E-state index contributed by atoms with van der Waals surface area (Å²) in [6, 6.07) is 26.3. The van der Waals surface area contributed by atoms with E-state index in [0.717, 1.165) is 53.4 Å². The summed E-state index contributed by atoms with van der Waals surface area (Å²) in [4.78, 5) is 25.8. The molecular formula is C37H44N3O4+. The SMILES string of the molecule is CCc1ccc(C(=O)Nc2ccc(-c3ccc(NC(=O)c4ccc(CCCC[N+](C)(C)C)cc4)c(OC)c3)cc2CO)cc1. The van der Waals surface area contributed by atoms with Crippen molar-refractivity contribution in [2.24, 2.45) is 0 Å². The van der Waals surface area contributed by atoms with Gasteiger partial charge in [-0.3, -0.25) is 9.59 Å². The molecule has 0 aliphatic heterocycles. The zero-order valence-corrected chi connectivity index (χ0v) is 26.4. The van der Waals surface area contributed by atoms with E-state index in [9.17, 15) is 14.7 Å². The Kier molecular flexibility index (Phi) is 10.9.